The zero-order valence-corrected chi connectivity index (χ0v) is 13.1. The Morgan fingerprint density at radius 2 is 1.85 bits per heavy atom. The summed E-state index contributed by atoms with van der Waals surface area (Å²) in [5, 5.41) is 2.74. The molecule has 0 aromatic heterocycles. The van der Waals surface area contributed by atoms with Crippen molar-refractivity contribution in [3.63, 3.8) is 0 Å². The normalized spacial score (nSPS) is 26.8. The van der Waals surface area contributed by atoms with Crippen molar-refractivity contribution in [2.24, 2.45) is 11.7 Å². The minimum atomic E-state index is -0.476. The van der Waals surface area contributed by atoms with E-state index in [0.717, 1.165) is 6.42 Å². The molecule has 0 bridgehead atoms. The maximum atomic E-state index is 12.0. The average molecular weight is 285 g/mol. The van der Waals surface area contributed by atoms with Gasteiger partial charge in [-0.15, -0.1) is 0 Å². The van der Waals surface area contributed by atoms with E-state index < -0.39 is 12.2 Å². The smallest absolute Gasteiger partial charge is 0.407 e. The number of carbonyl (C=O) groups is 2. The minimum absolute atomic E-state index is 0.0710. The topological polar surface area (TPSA) is 84.7 Å². The second-order valence-corrected chi connectivity index (χ2v) is 6.73. The molecule has 1 aliphatic rings. The highest BCUT2D eigenvalue weighted by Crippen LogP contribution is 2.27. The van der Waals surface area contributed by atoms with Gasteiger partial charge in [0.1, 0.15) is 6.10 Å². The van der Waals surface area contributed by atoms with Gasteiger partial charge in [-0.1, -0.05) is 0 Å². The van der Waals surface area contributed by atoms with Crippen LogP contribution in [0.15, 0.2) is 0 Å². The molecule has 0 aliphatic heterocycles. The Hall–Kier alpha value is -1.30. The van der Waals surface area contributed by atoms with Crippen LogP contribution in [-0.2, 0) is 9.53 Å². The molecule has 1 fully saturated rings. The molecular formula is C14H27N3O3. The van der Waals surface area contributed by atoms with Crippen LogP contribution in [0.1, 0.15) is 40.0 Å². The van der Waals surface area contributed by atoms with E-state index in [-0.39, 0.29) is 23.4 Å². The number of hydrogen-bond acceptors (Lipinski definition) is 4. The average Bonchev–Trinajstić information content (AvgIpc) is 2.28. The predicted octanol–water partition coefficient (Wildman–Crippen LogP) is 1.10. The van der Waals surface area contributed by atoms with E-state index in [1.807, 2.05) is 20.8 Å². The molecule has 0 heterocycles. The SMILES string of the molecule is CN(C)C(=O)[C@@H]1CC[C@@H](N)[C@@H](OC(=O)NC(C)(C)C)C1. The number of ether oxygens (including phenoxy) is 1. The first-order valence-electron chi connectivity index (χ1n) is 7.05. The van der Waals surface area contributed by atoms with Gasteiger partial charge >= 0.3 is 6.09 Å². The molecule has 0 spiro atoms. The lowest BCUT2D eigenvalue weighted by Gasteiger charge is -2.34. The van der Waals surface area contributed by atoms with Crippen molar-refractivity contribution in [2.75, 3.05) is 14.1 Å². The van der Waals surface area contributed by atoms with E-state index in [1.165, 1.54) is 0 Å². The highest BCUT2D eigenvalue weighted by atomic mass is 16.6. The van der Waals surface area contributed by atoms with Crippen LogP contribution in [0.4, 0.5) is 4.79 Å². The number of amides is 2. The minimum Gasteiger partial charge on any atom is -0.445 e. The Kier molecular flexibility index (Phi) is 5.39. The van der Waals surface area contributed by atoms with Gasteiger partial charge in [0.05, 0.1) is 0 Å². The number of rotatable bonds is 2. The molecule has 1 aliphatic carbocycles. The lowest BCUT2D eigenvalue weighted by Crippen LogP contribution is -2.49. The Bertz CT molecular complexity index is 363. The van der Waals surface area contributed by atoms with Gasteiger partial charge in [-0.05, 0) is 40.0 Å². The lowest BCUT2D eigenvalue weighted by molar-refractivity contribution is -0.135. The Morgan fingerprint density at radius 3 is 2.35 bits per heavy atom. The maximum absolute atomic E-state index is 12.0. The number of nitrogens with zero attached hydrogens (tertiary/aromatic N) is 1. The van der Waals surface area contributed by atoms with E-state index >= 15 is 0 Å². The fourth-order valence-electron chi connectivity index (χ4n) is 2.35. The zero-order chi connectivity index (χ0) is 15.5. The molecule has 0 unspecified atom stereocenters. The Morgan fingerprint density at radius 1 is 1.25 bits per heavy atom. The maximum Gasteiger partial charge on any atom is 0.407 e. The summed E-state index contributed by atoms with van der Waals surface area (Å²) in [4.78, 5) is 25.4. The highest BCUT2D eigenvalue weighted by molar-refractivity contribution is 5.78. The molecule has 0 aromatic rings. The third kappa shape index (κ3) is 5.00. The van der Waals surface area contributed by atoms with Gasteiger partial charge in [-0.2, -0.15) is 0 Å². The summed E-state index contributed by atoms with van der Waals surface area (Å²) in [6, 6.07) is -0.202. The number of nitrogens with one attached hydrogen (secondary N) is 1. The quantitative estimate of drug-likeness (QED) is 0.795. The number of alkyl carbamates (subject to hydrolysis) is 1. The second kappa shape index (κ2) is 6.43. The van der Waals surface area contributed by atoms with Crippen LogP contribution in [0, 0.1) is 5.92 Å². The summed E-state index contributed by atoms with van der Waals surface area (Å²) in [5.74, 6) is -0.0426. The van der Waals surface area contributed by atoms with Crippen LogP contribution in [0.25, 0.3) is 0 Å². The molecule has 3 N–H and O–H groups in total. The van der Waals surface area contributed by atoms with Gasteiger partial charge in [0.25, 0.3) is 0 Å². The van der Waals surface area contributed by atoms with Crippen LogP contribution in [0.2, 0.25) is 0 Å². The van der Waals surface area contributed by atoms with Crippen molar-refractivity contribution in [3.05, 3.63) is 0 Å². The molecule has 6 heteroatoms. The van der Waals surface area contributed by atoms with Crippen LogP contribution < -0.4 is 11.1 Å². The summed E-state index contributed by atoms with van der Waals surface area (Å²) in [7, 11) is 3.47. The van der Waals surface area contributed by atoms with Crippen LogP contribution in [-0.4, -0.2) is 48.7 Å². The molecule has 0 aromatic carbocycles. The van der Waals surface area contributed by atoms with Crippen LogP contribution >= 0.6 is 0 Å². The fraction of sp³-hybridized carbons (Fsp3) is 0.857. The standard InChI is InChI=1S/C14H27N3O3/c1-14(2,3)16-13(19)20-11-8-9(6-7-10(11)15)12(18)17(4)5/h9-11H,6-8,15H2,1-5H3,(H,16,19)/t9-,10-,11+/m1/s1. The van der Waals surface area contributed by atoms with Crippen LogP contribution in [0.5, 0.6) is 0 Å². The van der Waals surface area contributed by atoms with E-state index in [2.05, 4.69) is 5.32 Å². The monoisotopic (exact) mass is 285 g/mol. The Labute approximate surface area is 121 Å². The molecule has 2 amide bonds. The van der Waals surface area contributed by atoms with E-state index in [0.29, 0.717) is 12.8 Å². The number of hydrogen-bond donors (Lipinski definition) is 2. The summed E-state index contributed by atoms with van der Waals surface area (Å²) >= 11 is 0. The molecule has 1 saturated carbocycles. The number of nitrogens with two attached hydrogens (primary N) is 1. The van der Waals surface area contributed by atoms with Gasteiger partial charge in [-0.25, -0.2) is 4.79 Å². The third-order valence-corrected chi connectivity index (χ3v) is 3.37. The molecular weight excluding hydrogens is 258 g/mol. The van der Waals surface area contributed by atoms with E-state index in [4.69, 9.17) is 10.5 Å². The van der Waals surface area contributed by atoms with Crippen molar-refractivity contribution >= 4 is 12.0 Å². The largest absolute Gasteiger partial charge is 0.445 e. The van der Waals surface area contributed by atoms with Crippen molar-refractivity contribution in [2.45, 2.75) is 57.7 Å². The van der Waals surface area contributed by atoms with Gasteiger partial charge in [-0.3, -0.25) is 4.79 Å². The summed E-state index contributed by atoms with van der Waals surface area (Å²) in [5.41, 5.74) is 5.65. The molecule has 3 atom stereocenters. The van der Waals surface area contributed by atoms with Gasteiger partial charge < -0.3 is 20.7 Å². The van der Waals surface area contributed by atoms with Crippen molar-refractivity contribution in [1.29, 1.82) is 0 Å². The lowest BCUT2D eigenvalue weighted by atomic mass is 9.83. The molecule has 6 nitrogen and oxygen atoms in total. The molecule has 0 saturated heterocycles. The zero-order valence-electron chi connectivity index (χ0n) is 13.1. The fourth-order valence-corrected chi connectivity index (χ4v) is 2.35. The highest BCUT2D eigenvalue weighted by Gasteiger charge is 2.35. The first-order chi connectivity index (χ1) is 9.10. The van der Waals surface area contributed by atoms with E-state index in [1.54, 1.807) is 19.0 Å². The summed E-state index contributed by atoms with van der Waals surface area (Å²) in [6.07, 6.45) is 1.06. The molecule has 20 heavy (non-hydrogen) atoms. The van der Waals surface area contributed by atoms with Crippen molar-refractivity contribution < 1.29 is 14.3 Å². The van der Waals surface area contributed by atoms with Gasteiger partial charge in [0.15, 0.2) is 0 Å². The summed E-state index contributed by atoms with van der Waals surface area (Å²) < 4.78 is 5.39. The first kappa shape index (κ1) is 16.8. The molecule has 116 valence electrons. The number of carbonyl (C=O) groups excluding carboxylic acids is 2. The van der Waals surface area contributed by atoms with E-state index in [9.17, 15) is 9.59 Å². The first-order valence-corrected chi connectivity index (χ1v) is 7.05. The van der Waals surface area contributed by atoms with Gasteiger partial charge in [0.2, 0.25) is 5.91 Å². The third-order valence-electron chi connectivity index (χ3n) is 3.37. The van der Waals surface area contributed by atoms with Gasteiger partial charge in [0, 0.05) is 31.6 Å². The Balaban J connectivity index is 2.59. The van der Waals surface area contributed by atoms with Crippen LogP contribution in [0.3, 0.4) is 0 Å². The van der Waals surface area contributed by atoms with Crippen molar-refractivity contribution in [3.8, 4) is 0 Å². The second-order valence-electron chi connectivity index (χ2n) is 6.73. The summed E-state index contributed by atoms with van der Waals surface area (Å²) in [6.45, 7) is 5.65. The predicted molar refractivity (Wildman–Crippen MR) is 77.2 cm³/mol. The molecule has 0 radical (unpaired) electrons. The molecule has 1 rings (SSSR count). The van der Waals surface area contributed by atoms with Crippen molar-refractivity contribution in [1.82, 2.24) is 10.2 Å².